The van der Waals surface area contributed by atoms with Crippen LogP contribution in [-0.4, -0.2) is 29.6 Å². The molecule has 28 heavy (non-hydrogen) atoms. The van der Waals surface area contributed by atoms with E-state index in [-0.39, 0.29) is 27.7 Å². The minimum atomic E-state index is -3.80. The summed E-state index contributed by atoms with van der Waals surface area (Å²) in [6.07, 6.45) is 4.12. The number of nitrogens with one attached hydrogen (secondary N) is 2. The molecule has 1 unspecified atom stereocenters. The predicted molar refractivity (Wildman–Crippen MR) is 105 cm³/mol. The van der Waals surface area contributed by atoms with Crippen LogP contribution in [0.1, 0.15) is 6.42 Å². The molecule has 1 aliphatic rings. The fourth-order valence-electron chi connectivity index (χ4n) is 2.36. The topological polar surface area (TPSA) is 131 Å². The van der Waals surface area contributed by atoms with Crippen molar-refractivity contribution in [3.05, 3.63) is 69.4 Å². The first-order valence-corrected chi connectivity index (χ1v) is 10.6. The maximum atomic E-state index is 12.4. The normalized spacial score (nSPS) is 16.7. The lowest BCUT2D eigenvalue weighted by molar-refractivity contribution is -0.419. The summed E-state index contributed by atoms with van der Waals surface area (Å²) < 4.78 is 26.9. The summed E-state index contributed by atoms with van der Waals surface area (Å²) in [4.78, 5) is 26.5. The molecular formula is C16H13ClN4O5S2. The monoisotopic (exact) mass is 440 g/mol. The van der Waals surface area contributed by atoms with Crippen LogP contribution >= 0.6 is 22.9 Å². The Morgan fingerprint density at radius 2 is 2.04 bits per heavy atom. The van der Waals surface area contributed by atoms with Crippen LogP contribution in [0.2, 0.25) is 0 Å². The molecule has 9 nitrogen and oxygen atoms in total. The predicted octanol–water partition coefficient (Wildman–Crippen LogP) is 2.98. The van der Waals surface area contributed by atoms with Gasteiger partial charge in [0.15, 0.2) is 5.13 Å². The number of rotatable bonds is 6. The third-order valence-corrected chi connectivity index (χ3v) is 6.31. The highest BCUT2D eigenvalue weighted by molar-refractivity contribution is 7.93. The molecule has 12 heteroatoms. The molecule has 146 valence electrons. The number of carbonyl (C=O) groups excluding carboxylic acids is 1. The van der Waals surface area contributed by atoms with Crippen molar-refractivity contribution in [2.45, 2.75) is 16.7 Å². The van der Waals surface area contributed by atoms with Crippen molar-refractivity contribution in [1.29, 1.82) is 0 Å². The van der Waals surface area contributed by atoms with Crippen LogP contribution in [0, 0.1) is 10.1 Å². The second kappa shape index (κ2) is 8.09. The number of benzene rings is 1. The van der Waals surface area contributed by atoms with E-state index in [1.807, 2.05) is 0 Å². The molecule has 1 aromatic carbocycles. The number of halogens is 1. The third kappa shape index (κ3) is 4.55. The largest absolute Gasteiger partial charge is 0.322 e. The zero-order chi connectivity index (χ0) is 20.3. The van der Waals surface area contributed by atoms with E-state index in [4.69, 9.17) is 11.6 Å². The molecule has 0 spiro atoms. The SMILES string of the molecule is O=C(Nc1ccc(S(=O)(=O)Nc2nccs2)cc1)C1=CC([N+](=O)[O-])=CCC1Cl. The Morgan fingerprint density at radius 1 is 1.32 bits per heavy atom. The summed E-state index contributed by atoms with van der Waals surface area (Å²) in [6, 6.07) is 5.46. The molecule has 1 aliphatic carbocycles. The van der Waals surface area contributed by atoms with Crippen molar-refractivity contribution in [1.82, 2.24) is 4.98 Å². The van der Waals surface area contributed by atoms with Crippen molar-refractivity contribution in [2.75, 3.05) is 10.0 Å². The molecule has 0 bridgehead atoms. The molecular weight excluding hydrogens is 428 g/mol. The zero-order valence-corrected chi connectivity index (χ0v) is 16.4. The molecule has 0 fully saturated rings. The molecule has 2 aromatic rings. The number of aromatic nitrogens is 1. The van der Waals surface area contributed by atoms with Gasteiger partial charge < -0.3 is 5.32 Å². The summed E-state index contributed by atoms with van der Waals surface area (Å²) in [5.41, 5.74) is 0.190. The van der Waals surface area contributed by atoms with Gasteiger partial charge in [0, 0.05) is 28.9 Å². The summed E-state index contributed by atoms with van der Waals surface area (Å²) >= 11 is 7.22. The van der Waals surface area contributed by atoms with Gasteiger partial charge in [0.1, 0.15) is 0 Å². The van der Waals surface area contributed by atoms with Crippen molar-refractivity contribution in [2.24, 2.45) is 0 Å². The van der Waals surface area contributed by atoms with Crippen LogP contribution in [0.15, 0.2) is 64.2 Å². The van der Waals surface area contributed by atoms with E-state index in [0.717, 1.165) is 17.4 Å². The minimum Gasteiger partial charge on any atom is -0.322 e. The highest BCUT2D eigenvalue weighted by Crippen LogP contribution is 2.25. The van der Waals surface area contributed by atoms with Gasteiger partial charge in [-0.1, -0.05) is 0 Å². The maximum absolute atomic E-state index is 12.4. The average molecular weight is 441 g/mol. The number of nitrogens with zero attached hydrogens (tertiary/aromatic N) is 2. The van der Waals surface area contributed by atoms with E-state index in [0.29, 0.717) is 5.69 Å². The standard InChI is InChI=1S/C16H13ClN4O5S2/c17-14-6-3-11(21(23)24)9-13(14)15(22)19-10-1-4-12(5-2-10)28(25,26)20-16-18-7-8-27-16/h1-5,7-9,14H,6H2,(H,18,20)(H,19,22). The lowest BCUT2D eigenvalue weighted by Crippen LogP contribution is -2.23. The molecule has 1 aromatic heterocycles. The third-order valence-electron chi connectivity index (χ3n) is 3.72. The lowest BCUT2D eigenvalue weighted by atomic mass is 10.0. The fourth-order valence-corrected chi connectivity index (χ4v) is 4.40. The zero-order valence-electron chi connectivity index (χ0n) is 14.0. The van der Waals surface area contributed by atoms with Crippen molar-refractivity contribution in [3.8, 4) is 0 Å². The van der Waals surface area contributed by atoms with Gasteiger partial charge in [0.25, 0.3) is 21.6 Å². The van der Waals surface area contributed by atoms with Gasteiger partial charge in [-0.15, -0.1) is 22.9 Å². The summed E-state index contributed by atoms with van der Waals surface area (Å²) in [7, 11) is -3.80. The first-order chi connectivity index (χ1) is 13.3. The van der Waals surface area contributed by atoms with Gasteiger partial charge in [-0.2, -0.15) is 0 Å². The Labute approximate surface area is 168 Å². The highest BCUT2D eigenvalue weighted by atomic mass is 35.5. The van der Waals surface area contributed by atoms with E-state index in [9.17, 15) is 23.3 Å². The van der Waals surface area contributed by atoms with Gasteiger partial charge in [-0.3, -0.25) is 19.6 Å². The van der Waals surface area contributed by atoms with Crippen LogP contribution in [0.3, 0.4) is 0 Å². The molecule has 0 radical (unpaired) electrons. The molecule has 2 N–H and O–H groups in total. The number of anilines is 2. The van der Waals surface area contributed by atoms with Crippen LogP contribution in [0.4, 0.5) is 10.8 Å². The second-order valence-electron chi connectivity index (χ2n) is 5.61. The number of alkyl halides is 1. The number of nitro groups is 1. The smallest absolute Gasteiger partial charge is 0.266 e. The first kappa shape index (κ1) is 20.0. The molecule has 0 saturated heterocycles. The fraction of sp³-hybridized carbons (Fsp3) is 0.125. The van der Waals surface area contributed by atoms with E-state index < -0.39 is 26.2 Å². The van der Waals surface area contributed by atoms with Crippen molar-refractivity contribution in [3.63, 3.8) is 0 Å². The number of amides is 1. The maximum Gasteiger partial charge on any atom is 0.266 e. The van der Waals surface area contributed by atoms with Crippen LogP contribution in [0.5, 0.6) is 0 Å². The van der Waals surface area contributed by atoms with Gasteiger partial charge in [0.2, 0.25) is 0 Å². The van der Waals surface area contributed by atoms with Gasteiger partial charge in [-0.05, 0) is 36.8 Å². The van der Waals surface area contributed by atoms with E-state index in [2.05, 4.69) is 15.0 Å². The van der Waals surface area contributed by atoms with Crippen molar-refractivity contribution >= 4 is 49.7 Å². The average Bonchev–Trinajstić information content (AvgIpc) is 3.14. The molecule has 0 saturated carbocycles. The summed E-state index contributed by atoms with van der Waals surface area (Å²) in [6.45, 7) is 0. The van der Waals surface area contributed by atoms with Crippen LogP contribution < -0.4 is 10.0 Å². The minimum absolute atomic E-state index is 0.00799. The summed E-state index contributed by atoms with van der Waals surface area (Å²) in [5, 5.41) is 14.6. The molecule has 0 aliphatic heterocycles. The van der Waals surface area contributed by atoms with Gasteiger partial charge in [0.05, 0.1) is 15.2 Å². The second-order valence-corrected chi connectivity index (χ2v) is 8.71. The number of sulfonamides is 1. The van der Waals surface area contributed by atoms with Gasteiger partial charge >= 0.3 is 0 Å². The quantitative estimate of drug-likeness (QED) is 0.403. The Bertz CT molecular complexity index is 1060. The number of hydrogen-bond donors (Lipinski definition) is 2. The van der Waals surface area contributed by atoms with Crippen molar-refractivity contribution < 1.29 is 18.1 Å². The summed E-state index contributed by atoms with van der Waals surface area (Å²) in [5.74, 6) is -0.594. The number of hydrogen-bond acceptors (Lipinski definition) is 7. The molecule has 1 heterocycles. The highest BCUT2D eigenvalue weighted by Gasteiger charge is 2.26. The van der Waals surface area contributed by atoms with Crippen LogP contribution in [0.25, 0.3) is 0 Å². The van der Waals surface area contributed by atoms with Gasteiger partial charge in [-0.25, -0.2) is 13.4 Å². The van der Waals surface area contributed by atoms with Crippen LogP contribution in [-0.2, 0) is 14.8 Å². The molecule has 3 rings (SSSR count). The molecule has 1 amide bonds. The first-order valence-electron chi connectivity index (χ1n) is 7.80. The Balaban J connectivity index is 1.73. The Morgan fingerprint density at radius 3 is 2.64 bits per heavy atom. The lowest BCUT2D eigenvalue weighted by Gasteiger charge is -2.15. The van der Waals surface area contributed by atoms with E-state index in [1.54, 1.807) is 5.38 Å². The number of carbonyl (C=O) groups is 1. The van der Waals surface area contributed by atoms with E-state index in [1.165, 1.54) is 36.5 Å². The van der Waals surface area contributed by atoms with E-state index >= 15 is 0 Å². The molecule has 1 atom stereocenters. The number of thiazole rings is 1. The Hall–Kier alpha value is -2.76. The number of allylic oxidation sites excluding steroid dienone is 2. The Kier molecular flexibility index (Phi) is 5.77.